The molecule has 0 radical (unpaired) electrons. The van der Waals surface area contributed by atoms with Gasteiger partial charge in [0, 0.05) is 7.11 Å². The van der Waals surface area contributed by atoms with Crippen LogP contribution in [0.4, 0.5) is 0 Å². The summed E-state index contributed by atoms with van der Waals surface area (Å²) in [7, 11) is -2.71. The van der Waals surface area contributed by atoms with Gasteiger partial charge in [-0.15, -0.1) is 0 Å². The van der Waals surface area contributed by atoms with E-state index < -0.39 is 13.4 Å². The molecule has 0 amide bonds. The molecule has 0 aromatic heterocycles. The first-order chi connectivity index (χ1) is 4.52. The second-order valence-corrected chi connectivity index (χ2v) is 3.82. The van der Waals surface area contributed by atoms with Gasteiger partial charge in [-0.05, 0) is 6.42 Å². The summed E-state index contributed by atoms with van der Waals surface area (Å²) in [5, 5.41) is 0. The lowest BCUT2D eigenvalue weighted by Gasteiger charge is -2.14. The molecule has 0 aliphatic heterocycles. The first-order valence-electron chi connectivity index (χ1n) is 3.10. The van der Waals surface area contributed by atoms with Gasteiger partial charge >= 0.3 is 7.60 Å². The minimum Gasteiger partial charge on any atom is -0.369 e. The Morgan fingerprint density at radius 3 is 2.20 bits per heavy atom. The molecule has 0 fully saturated rings. The van der Waals surface area contributed by atoms with E-state index in [1.807, 2.05) is 6.92 Å². The quantitative estimate of drug-likeness (QED) is 0.613. The Bertz CT molecular complexity index is 130. The highest BCUT2D eigenvalue weighted by Gasteiger charge is 2.26. The van der Waals surface area contributed by atoms with Crippen LogP contribution >= 0.6 is 7.60 Å². The summed E-state index contributed by atoms with van der Waals surface area (Å²) < 4.78 is 15.1. The zero-order valence-corrected chi connectivity index (χ0v) is 7.04. The number of hydrogen-bond donors (Lipinski definition) is 2. The lowest BCUT2D eigenvalue weighted by Crippen LogP contribution is -2.09. The third-order valence-corrected chi connectivity index (χ3v) is 2.40. The number of hydrogen-bond acceptors (Lipinski definition) is 2. The Morgan fingerprint density at radius 1 is 1.60 bits per heavy atom. The Labute approximate surface area is 60.4 Å². The van der Waals surface area contributed by atoms with Crippen LogP contribution in [0, 0.1) is 0 Å². The molecule has 0 saturated heterocycles. The van der Waals surface area contributed by atoms with Gasteiger partial charge in [0.05, 0.1) is 0 Å². The summed E-state index contributed by atoms with van der Waals surface area (Å²) in [5.41, 5.74) is 0. The first kappa shape index (κ1) is 10.1. The minimum atomic E-state index is -4.01. The van der Waals surface area contributed by atoms with Crippen LogP contribution in [0.1, 0.15) is 19.8 Å². The van der Waals surface area contributed by atoms with Crippen LogP contribution in [-0.2, 0) is 9.30 Å². The fourth-order valence-electron chi connectivity index (χ4n) is 0.670. The maximum absolute atomic E-state index is 10.5. The summed E-state index contributed by atoms with van der Waals surface area (Å²) in [5.74, 6) is -0.919. The summed E-state index contributed by atoms with van der Waals surface area (Å²) in [6.45, 7) is 1.85. The summed E-state index contributed by atoms with van der Waals surface area (Å²) in [6.07, 6.45) is 1.12. The molecule has 0 unspecified atom stereocenters. The average Bonchev–Trinajstić information content (AvgIpc) is 1.80. The molecule has 0 rings (SSSR count). The fourth-order valence-corrected chi connectivity index (χ4v) is 1.54. The number of rotatable bonds is 4. The van der Waals surface area contributed by atoms with E-state index in [1.54, 1.807) is 0 Å². The molecular weight excluding hydrogens is 155 g/mol. The molecule has 0 aliphatic carbocycles. The van der Waals surface area contributed by atoms with Crippen LogP contribution in [0.25, 0.3) is 0 Å². The van der Waals surface area contributed by atoms with Crippen molar-refractivity contribution in [2.45, 2.75) is 25.6 Å². The number of ether oxygens (including phenoxy) is 1. The molecule has 62 valence electrons. The number of methoxy groups -OCH3 is 1. The van der Waals surface area contributed by atoms with Crippen LogP contribution in [0.5, 0.6) is 0 Å². The van der Waals surface area contributed by atoms with Crippen LogP contribution in [0.3, 0.4) is 0 Å². The second-order valence-electron chi connectivity index (χ2n) is 2.07. The van der Waals surface area contributed by atoms with Crippen LogP contribution < -0.4 is 0 Å². The molecule has 1 atom stereocenters. The molecule has 0 saturated carbocycles. The van der Waals surface area contributed by atoms with Crippen LogP contribution in [-0.4, -0.2) is 22.7 Å². The van der Waals surface area contributed by atoms with Crippen molar-refractivity contribution in [1.29, 1.82) is 0 Å². The third-order valence-electron chi connectivity index (χ3n) is 1.18. The van der Waals surface area contributed by atoms with Crippen molar-refractivity contribution in [1.82, 2.24) is 0 Å². The minimum absolute atomic E-state index is 0.404. The fraction of sp³-hybridized carbons (Fsp3) is 1.00. The first-order valence-corrected chi connectivity index (χ1v) is 4.78. The van der Waals surface area contributed by atoms with Crippen molar-refractivity contribution in [3.8, 4) is 0 Å². The van der Waals surface area contributed by atoms with Gasteiger partial charge < -0.3 is 14.5 Å². The van der Waals surface area contributed by atoms with E-state index in [0.29, 0.717) is 12.8 Å². The SMILES string of the molecule is CCC[C@@H](OC)P(=O)(O)O. The highest BCUT2D eigenvalue weighted by atomic mass is 31.2. The monoisotopic (exact) mass is 168 g/mol. The molecule has 0 aliphatic rings. The van der Waals surface area contributed by atoms with Crippen molar-refractivity contribution in [3.05, 3.63) is 0 Å². The van der Waals surface area contributed by atoms with E-state index in [9.17, 15) is 4.57 Å². The largest absolute Gasteiger partial charge is 0.369 e. The molecule has 10 heavy (non-hydrogen) atoms. The lowest BCUT2D eigenvalue weighted by atomic mass is 10.4. The van der Waals surface area contributed by atoms with Gasteiger partial charge in [0.2, 0.25) is 0 Å². The third kappa shape index (κ3) is 3.32. The molecule has 5 heteroatoms. The van der Waals surface area contributed by atoms with Crippen molar-refractivity contribution in [2.24, 2.45) is 0 Å². The summed E-state index contributed by atoms with van der Waals surface area (Å²) in [4.78, 5) is 17.2. The maximum atomic E-state index is 10.5. The van der Waals surface area contributed by atoms with Crippen molar-refractivity contribution < 1.29 is 19.1 Å². The van der Waals surface area contributed by atoms with Gasteiger partial charge in [0.1, 0.15) is 0 Å². The molecule has 0 heterocycles. The zero-order valence-electron chi connectivity index (χ0n) is 6.15. The molecule has 2 N–H and O–H groups in total. The predicted molar refractivity (Wildman–Crippen MR) is 37.7 cm³/mol. The Kier molecular flexibility index (Phi) is 4.13. The average molecular weight is 168 g/mol. The van der Waals surface area contributed by atoms with E-state index in [0.717, 1.165) is 0 Å². The van der Waals surface area contributed by atoms with Gasteiger partial charge in [-0.25, -0.2) is 0 Å². The topological polar surface area (TPSA) is 66.8 Å². The lowest BCUT2D eigenvalue weighted by molar-refractivity contribution is 0.129. The molecular formula is C5H13O4P. The van der Waals surface area contributed by atoms with Gasteiger partial charge in [-0.3, -0.25) is 4.57 Å². The molecule has 0 spiro atoms. The van der Waals surface area contributed by atoms with Crippen LogP contribution in [0.15, 0.2) is 0 Å². The van der Waals surface area contributed by atoms with E-state index in [-0.39, 0.29) is 0 Å². The predicted octanol–water partition coefficient (Wildman–Crippen LogP) is 0.937. The standard InChI is InChI=1S/C5H13O4P/c1-3-4-5(9-2)10(6,7)8/h5H,3-4H2,1-2H3,(H2,6,7,8)/t5-/m0/s1. The summed E-state index contributed by atoms with van der Waals surface area (Å²) in [6, 6.07) is 0. The van der Waals surface area contributed by atoms with Gasteiger partial charge in [0.15, 0.2) is 5.85 Å². The normalized spacial score (nSPS) is 15.2. The molecule has 0 aromatic rings. The smallest absolute Gasteiger partial charge is 0.354 e. The Hall–Kier alpha value is 0.110. The van der Waals surface area contributed by atoms with Crippen molar-refractivity contribution in [3.63, 3.8) is 0 Å². The Morgan fingerprint density at radius 2 is 2.10 bits per heavy atom. The molecule has 0 bridgehead atoms. The van der Waals surface area contributed by atoms with E-state index in [4.69, 9.17) is 9.79 Å². The van der Waals surface area contributed by atoms with Crippen molar-refractivity contribution in [2.75, 3.05) is 7.11 Å². The molecule has 0 aromatic carbocycles. The Balaban J connectivity index is 3.94. The summed E-state index contributed by atoms with van der Waals surface area (Å²) >= 11 is 0. The maximum Gasteiger partial charge on any atom is 0.354 e. The zero-order chi connectivity index (χ0) is 8.20. The highest BCUT2D eigenvalue weighted by Crippen LogP contribution is 2.43. The van der Waals surface area contributed by atoms with Gasteiger partial charge in [-0.2, -0.15) is 0 Å². The van der Waals surface area contributed by atoms with E-state index in [1.165, 1.54) is 7.11 Å². The highest BCUT2D eigenvalue weighted by molar-refractivity contribution is 7.52. The van der Waals surface area contributed by atoms with Gasteiger partial charge in [0.25, 0.3) is 0 Å². The second kappa shape index (κ2) is 4.09. The van der Waals surface area contributed by atoms with E-state index >= 15 is 0 Å². The van der Waals surface area contributed by atoms with Crippen LogP contribution in [0.2, 0.25) is 0 Å². The van der Waals surface area contributed by atoms with Crippen molar-refractivity contribution >= 4 is 7.60 Å². The molecule has 4 nitrogen and oxygen atoms in total. The van der Waals surface area contributed by atoms with E-state index in [2.05, 4.69) is 4.74 Å². The van der Waals surface area contributed by atoms with Gasteiger partial charge in [-0.1, -0.05) is 13.3 Å².